The highest BCUT2D eigenvalue weighted by atomic mass is 19.1. The number of hydrogen-bond acceptors (Lipinski definition) is 5. The number of fused-ring (bicyclic) bond motifs is 1. The minimum absolute atomic E-state index is 0.220. The van der Waals surface area contributed by atoms with E-state index in [4.69, 9.17) is 0 Å². The van der Waals surface area contributed by atoms with Crippen LogP contribution in [-0.4, -0.2) is 44.9 Å². The number of aromatic nitrogens is 3. The molecule has 25 heavy (non-hydrogen) atoms. The number of nitrogens with one attached hydrogen (secondary N) is 1. The highest BCUT2D eigenvalue weighted by Gasteiger charge is 2.25. The van der Waals surface area contributed by atoms with Crippen LogP contribution >= 0.6 is 0 Å². The standard InChI is InChI=1S/C17H19F2N5O/c1-10(2)23-16-12-3-5-24(6-4-14(12)21-9-22-16)17(25)15-13(19)7-11(18)8-20-15/h7-10H,3-6H2,1-2H3,(H,21,22,23). The van der Waals surface area contributed by atoms with E-state index in [2.05, 4.69) is 20.3 Å². The second kappa shape index (κ2) is 7.08. The van der Waals surface area contributed by atoms with Gasteiger partial charge in [-0.1, -0.05) is 0 Å². The summed E-state index contributed by atoms with van der Waals surface area (Å²) in [5, 5.41) is 3.28. The van der Waals surface area contributed by atoms with Crippen molar-refractivity contribution in [2.45, 2.75) is 32.7 Å². The summed E-state index contributed by atoms with van der Waals surface area (Å²) in [5.41, 5.74) is 1.49. The van der Waals surface area contributed by atoms with Crippen molar-refractivity contribution in [3.05, 3.63) is 47.2 Å². The summed E-state index contributed by atoms with van der Waals surface area (Å²) in [6.45, 7) is 4.82. The van der Waals surface area contributed by atoms with Crippen molar-refractivity contribution in [1.82, 2.24) is 19.9 Å². The molecule has 0 unspecified atom stereocenters. The molecule has 0 aliphatic carbocycles. The van der Waals surface area contributed by atoms with E-state index >= 15 is 0 Å². The van der Waals surface area contributed by atoms with Crippen molar-refractivity contribution in [3.63, 3.8) is 0 Å². The Morgan fingerprint density at radius 2 is 1.96 bits per heavy atom. The third-order valence-electron chi connectivity index (χ3n) is 4.01. The van der Waals surface area contributed by atoms with Gasteiger partial charge in [-0.05, 0) is 20.3 Å². The first-order chi connectivity index (χ1) is 12.0. The van der Waals surface area contributed by atoms with E-state index in [1.807, 2.05) is 13.8 Å². The van der Waals surface area contributed by atoms with Crippen molar-refractivity contribution >= 4 is 11.7 Å². The monoisotopic (exact) mass is 347 g/mol. The second-order valence-corrected chi connectivity index (χ2v) is 6.22. The van der Waals surface area contributed by atoms with Crippen molar-refractivity contribution in [2.24, 2.45) is 0 Å². The van der Waals surface area contributed by atoms with Crippen LogP contribution in [0.15, 0.2) is 18.6 Å². The molecule has 0 saturated heterocycles. The molecular weight excluding hydrogens is 328 g/mol. The summed E-state index contributed by atoms with van der Waals surface area (Å²) in [4.78, 5) is 26.3. The zero-order valence-corrected chi connectivity index (χ0v) is 14.1. The molecule has 8 heteroatoms. The number of carbonyl (C=O) groups excluding carboxylic acids is 1. The highest BCUT2D eigenvalue weighted by Crippen LogP contribution is 2.22. The van der Waals surface area contributed by atoms with Crippen LogP contribution in [-0.2, 0) is 12.8 Å². The Kier molecular flexibility index (Phi) is 4.87. The quantitative estimate of drug-likeness (QED) is 0.922. The maximum absolute atomic E-state index is 13.8. The Bertz CT molecular complexity index is 797. The molecule has 132 valence electrons. The van der Waals surface area contributed by atoms with Gasteiger partial charge in [0.05, 0.1) is 11.9 Å². The molecule has 3 heterocycles. The SMILES string of the molecule is CC(C)Nc1ncnc2c1CCN(C(=O)c1ncc(F)cc1F)CC2. The Morgan fingerprint density at radius 1 is 1.20 bits per heavy atom. The number of pyridine rings is 1. The largest absolute Gasteiger partial charge is 0.368 e. The lowest BCUT2D eigenvalue weighted by atomic mass is 10.1. The van der Waals surface area contributed by atoms with E-state index in [1.54, 1.807) is 0 Å². The summed E-state index contributed by atoms with van der Waals surface area (Å²) >= 11 is 0. The zero-order chi connectivity index (χ0) is 18.0. The van der Waals surface area contributed by atoms with E-state index < -0.39 is 17.5 Å². The Morgan fingerprint density at radius 3 is 2.68 bits per heavy atom. The molecule has 6 nitrogen and oxygen atoms in total. The van der Waals surface area contributed by atoms with Gasteiger partial charge >= 0.3 is 0 Å². The lowest BCUT2D eigenvalue weighted by molar-refractivity contribution is 0.0751. The number of amides is 1. The molecule has 1 amide bonds. The van der Waals surface area contributed by atoms with E-state index in [1.165, 1.54) is 11.2 Å². The maximum atomic E-state index is 13.8. The van der Waals surface area contributed by atoms with E-state index in [-0.39, 0.29) is 11.7 Å². The summed E-state index contributed by atoms with van der Waals surface area (Å²) in [6.07, 6.45) is 3.44. The number of anilines is 1. The Labute approximate surface area is 144 Å². The van der Waals surface area contributed by atoms with Crippen molar-refractivity contribution in [3.8, 4) is 0 Å². The molecule has 3 rings (SSSR count). The maximum Gasteiger partial charge on any atom is 0.275 e. The van der Waals surface area contributed by atoms with Crippen LogP contribution in [0.4, 0.5) is 14.6 Å². The number of halogens is 2. The van der Waals surface area contributed by atoms with Crippen LogP contribution < -0.4 is 5.32 Å². The summed E-state index contributed by atoms with van der Waals surface area (Å²) in [7, 11) is 0. The van der Waals surface area contributed by atoms with E-state index in [0.717, 1.165) is 23.3 Å². The number of hydrogen-bond donors (Lipinski definition) is 1. The fourth-order valence-electron chi connectivity index (χ4n) is 2.85. The highest BCUT2D eigenvalue weighted by molar-refractivity contribution is 5.92. The number of carbonyl (C=O) groups is 1. The molecule has 0 aromatic carbocycles. The average Bonchev–Trinajstić information content (AvgIpc) is 2.77. The van der Waals surface area contributed by atoms with Gasteiger partial charge in [-0.15, -0.1) is 0 Å². The van der Waals surface area contributed by atoms with Crippen LogP contribution in [0.3, 0.4) is 0 Å². The second-order valence-electron chi connectivity index (χ2n) is 6.22. The van der Waals surface area contributed by atoms with Crippen molar-refractivity contribution in [1.29, 1.82) is 0 Å². The molecule has 2 aromatic rings. The molecule has 0 atom stereocenters. The van der Waals surface area contributed by atoms with Crippen LogP contribution in [0.25, 0.3) is 0 Å². The lowest BCUT2D eigenvalue weighted by Gasteiger charge is -2.20. The number of nitrogens with zero attached hydrogens (tertiary/aromatic N) is 4. The topological polar surface area (TPSA) is 71.0 Å². The molecule has 1 N–H and O–H groups in total. The zero-order valence-electron chi connectivity index (χ0n) is 14.1. The first-order valence-electron chi connectivity index (χ1n) is 8.15. The van der Waals surface area contributed by atoms with Gasteiger partial charge in [0.1, 0.15) is 18.0 Å². The van der Waals surface area contributed by atoms with Gasteiger partial charge < -0.3 is 10.2 Å². The third-order valence-corrected chi connectivity index (χ3v) is 4.01. The van der Waals surface area contributed by atoms with Gasteiger partial charge in [-0.2, -0.15) is 0 Å². The van der Waals surface area contributed by atoms with Crippen molar-refractivity contribution < 1.29 is 13.6 Å². The van der Waals surface area contributed by atoms with E-state index in [9.17, 15) is 13.6 Å². The van der Waals surface area contributed by atoms with Gasteiger partial charge in [0.25, 0.3) is 5.91 Å². The predicted octanol–water partition coefficient (Wildman–Crippen LogP) is 2.21. The lowest BCUT2D eigenvalue weighted by Crippen LogP contribution is -2.34. The molecule has 1 aliphatic heterocycles. The normalized spacial score (nSPS) is 14.2. The van der Waals surface area contributed by atoms with Crippen LogP contribution in [0.2, 0.25) is 0 Å². The summed E-state index contributed by atoms with van der Waals surface area (Å²) < 4.78 is 26.8. The van der Waals surface area contributed by atoms with Gasteiger partial charge in [0.2, 0.25) is 0 Å². The van der Waals surface area contributed by atoms with Gasteiger partial charge in [-0.3, -0.25) is 4.79 Å². The first kappa shape index (κ1) is 17.2. The molecule has 0 bridgehead atoms. The van der Waals surface area contributed by atoms with Gasteiger partial charge in [0, 0.05) is 37.2 Å². The molecular formula is C17H19F2N5O. The Balaban J connectivity index is 1.81. The van der Waals surface area contributed by atoms with Crippen LogP contribution in [0.1, 0.15) is 35.6 Å². The average molecular weight is 347 g/mol. The summed E-state index contributed by atoms with van der Waals surface area (Å²) in [6, 6.07) is 0.889. The molecule has 1 aliphatic rings. The van der Waals surface area contributed by atoms with Crippen molar-refractivity contribution in [2.75, 3.05) is 18.4 Å². The molecule has 0 fully saturated rings. The minimum atomic E-state index is -0.950. The predicted molar refractivity (Wildman–Crippen MR) is 88.3 cm³/mol. The molecule has 2 aromatic heterocycles. The van der Waals surface area contributed by atoms with Crippen LogP contribution in [0, 0.1) is 11.6 Å². The third kappa shape index (κ3) is 3.72. The molecule has 0 radical (unpaired) electrons. The van der Waals surface area contributed by atoms with Gasteiger partial charge in [-0.25, -0.2) is 23.7 Å². The number of rotatable bonds is 3. The van der Waals surface area contributed by atoms with Gasteiger partial charge in [0.15, 0.2) is 11.5 Å². The van der Waals surface area contributed by atoms with E-state index in [0.29, 0.717) is 32.0 Å². The smallest absolute Gasteiger partial charge is 0.275 e. The first-order valence-corrected chi connectivity index (χ1v) is 8.15. The Hall–Kier alpha value is -2.64. The fraction of sp³-hybridized carbons (Fsp3) is 0.412. The summed E-state index contributed by atoms with van der Waals surface area (Å²) in [5.74, 6) is -1.54. The molecule has 0 spiro atoms. The molecule has 0 saturated carbocycles. The van der Waals surface area contributed by atoms with Crippen LogP contribution in [0.5, 0.6) is 0 Å². The minimum Gasteiger partial charge on any atom is -0.368 e. The fourth-order valence-corrected chi connectivity index (χ4v) is 2.85.